The first-order valence-corrected chi connectivity index (χ1v) is 9.33. The molecule has 140 valence electrons. The number of methoxy groups -OCH3 is 2. The lowest BCUT2D eigenvalue weighted by Crippen LogP contribution is -2.26. The number of nitrogens with one attached hydrogen (secondary N) is 1. The SMILES string of the molecule is COc1ccc(/C=N/N=C2\NC(=O)[C@H](Cc3ccccc3C)S2)cc1OC. The van der Waals surface area contributed by atoms with Crippen molar-refractivity contribution in [3.63, 3.8) is 0 Å². The molecule has 0 unspecified atom stereocenters. The Bertz CT molecular complexity index is 896. The lowest BCUT2D eigenvalue weighted by molar-refractivity contribution is -0.118. The van der Waals surface area contributed by atoms with Gasteiger partial charge >= 0.3 is 0 Å². The number of hydrogen-bond acceptors (Lipinski definition) is 6. The van der Waals surface area contributed by atoms with Gasteiger partial charge in [0.15, 0.2) is 16.7 Å². The minimum Gasteiger partial charge on any atom is -0.493 e. The predicted octanol–water partition coefficient (Wildman–Crippen LogP) is 3.18. The summed E-state index contributed by atoms with van der Waals surface area (Å²) in [5.41, 5.74) is 3.17. The summed E-state index contributed by atoms with van der Waals surface area (Å²) in [6.45, 7) is 2.05. The van der Waals surface area contributed by atoms with Crippen LogP contribution in [0.15, 0.2) is 52.7 Å². The highest BCUT2D eigenvalue weighted by Gasteiger charge is 2.30. The fourth-order valence-electron chi connectivity index (χ4n) is 2.71. The molecule has 0 aliphatic carbocycles. The van der Waals surface area contributed by atoms with Gasteiger partial charge < -0.3 is 14.8 Å². The largest absolute Gasteiger partial charge is 0.493 e. The number of carbonyl (C=O) groups excluding carboxylic acids is 1. The fraction of sp³-hybridized carbons (Fsp3) is 0.250. The van der Waals surface area contributed by atoms with E-state index in [-0.39, 0.29) is 11.2 Å². The fourth-order valence-corrected chi connectivity index (χ4v) is 3.66. The zero-order valence-corrected chi connectivity index (χ0v) is 16.2. The third-order valence-corrected chi connectivity index (χ3v) is 5.28. The second-order valence-corrected chi connectivity index (χ2v) is 7.18. The van der Waals surface area contributed by atoms with E-state index in [1.54, 1.807) is 26.5 Å². The van der Waals surface area contributed by atoms with Crippen molar-refractivity contribution in [2.45, 2.75) is 18.6 Å². The molecule has 2 aromatic carbocycles. The number of rotatable bonds is 6. The van der Waals surface area contributed by atoms with E-state index in [0.29, 0.717) is 23.1 Å². The molecule has 1 aliphatic heterocycles. The van der Waals surface area contributed by atoms with E-state index in [4.69, 9.17) is 9.47 Å². The van der Waals surface area contributed by atoms with Crippen molar-refractivity contribution in [3.8, 4) is 11.5 Å². The van der Waals surface area contributed by atoms with Crippen molar-refractivity contribution in [2.75, 3.05) is 14.2 Å². The Kier molecular flexibility index (Phi) is 6.13. The van der Waals surface area contributed by atoms with Gasteiger partial charge in [-0.25, -0.2) is 0 Å². The first kappa shape index (κ1) is 19.0. The second kappa shape index (κ2) is 8.73. The number of nitrogens with zero attached hydrogens (tertiary/aromatic N) is 2. The van der Waals surface area contributed by atoms with Crippen molar-refractivity contribution in [1.82, 2.24) is 5.32 Å². The highest BCUT2D eigenvalue weighted by atomic mass is 32.2. The summed E-state index contributed by atoms with van der Waals surface area (Å²) >= 11 is 1.40. The van der Waals surface area contributed by atoms with Gasteiger partial charge in [0.05, 0.1) is 25.7 Å². The molecule has 0 radical (unpaired) electrons. The summed E-state index contributed by atoms with van der Waals surface area (Å²) in [4.78, 5) is 12.2. The van der Waals surface area contributed by atoms with Crippen LogP contribution >= 0.6 is 11.8 Å². The Balaban J connectivity index is 1.65. The van der Waals surface area contributed by atoms with Crippen LogP contribution in [0, 0.1) is 6.92 Å². The number of amidine groups is 1. The Labute approximate surface area is 162 Å². The minimum atomic E-state index is -0.193. The molecule has 1 atom stereocenters. The summed E-state index contributed by atoms with van der Waals surface area (Å²) in [6.07, 6.45) is 2.28. The Morgan fingerprint density at radius 3 is 2.67 bits per heavy atom. The standard InChI is InChI=1S/C20H21N3O3S/c1-13-6-4-5-7-15(13)11-18-19(24)22-20(27-18)23-21-12-14-8-9-16(25-2)17(10-14)26-3/h4-10,12,18H,11H2,1-3H3,(H,22,23,24)/b21-12+/t18-/m0/s1. The van der Waals surface area contributed by atoms with Crippen molar-refractivity contribution in [1.29, 1.82) is 0 Å². The maximum Gasteiger partial charge on any atom is 0.239 e. The highest BCUT2D eigenvalue weighted by molar-refractivity contribution is 8.15. The normalized spacial score (nSPS) is 18.1. The number of carbonyl (C=O) groups is 1. The molecule has 0 bridgehead atoms. The van der Waals surface area contributed by atoms with Crippen LogP contribution < -0.4 is 14.8 Å². The molecule has 1 aliphatic rings. The van der Waals surface area contributed by atoms with E-state index in [9.17, 15) is 4.79 Å². The van der Waals surface area contributed by atoms with Crippen LogP contribution in [0.3, 0.4) is 0 Å². The predicted molar refractivity (Wildman–Crippen MR) is 109 cm³/mol. The number of amides is 1. The number of hydrogen-bond donors (Lipinski definition) is 1. The first-order chi connectivity index (χ1) is 13.1. The van der Waals surface area contributed by atoms with Crippen LogP contribution in [0.2, 0.25) is 0 Å². The van der Waals surface area contributed by atoms with Crippen molar-refractivity contribution >= 4 is 29.1 Å². The van der Waals surface area contributed by atoms with Gasteiger partial charge in [0.2, 0.25) is 5.91 Å². The molecule has 1 fully saturated rings. The molecule has 2 aromatic rings. The third-order valence-electron chi connectivity index (χ3n) is 4.21. The Hall–Kier alpha value is -2.80. The van der Waals surface area contributed by atoms with E-state index >= 15 is 0 Å². The molecular weight excluding hydrogens is 362 g/mol. The minimum absolute atomic E-state index is 0.0386. The van der Waals surface area contributed by atoms with Gasteiger partial charge in [0.25, 0.3) is 0 Å². The topological polar surface area (TPSA) is 72.3 Å². The number of aryl methyl sites for hydroxylation is 1. The average molecular weight is 383 g/mol. The van der Waals surface area contributed by atoms with Crippen LogP contribution in [-0.2, 0) is 11.2 Å². The highest BCUT2D eigenvalue weighted by Crippen LogP contribution is 2.27. The molecule has 1 saturated heterocycles. The van der Waals surface area contributed by atoms with Crippen LogP contribution in [0.1, 0.15) is 16.7 Å². The maximum atomic E-state index is 12.2. The molecule has 6 nitrogen and oxygen atoms in total. The zero-order chi connectivity index (χ0) is 19.2. The Morgan fingerprint density at radius 2 is 1.93 bits per heavy atom. The lowest BCUT2D eigenvalue weighted by atomic mass is 10.0. The molecule has 1 heterocycles. The van der Waals surface area contributed by atoms with Gasteiger partial charge in [0.1, 0.15) is 0 Å². The lowest BCUT2D eigenvalue weighted by Gasteiger charge is -2.08. The Morgan fingerprint density at radius 1 is 1.15 bits per heavy atom. The molecule has 1 amide bonds. The number of ether oxygens (including phenoxy) is 2. The van der Waals surface area contributed by atoms with E-state index in [1.807, 2.05) is 30.3 Å². The second-order valence-electron chi connectivity index (χ2n) is 5.99. The van der Waals surface area contributed by atoms with Gasteiger partial charge in [-0.05, 0) is 48.2 Å². The van der Waals surface area contributed by atoms with E-state index in [0.717, 1.165) is 5.56 Å². The van der Waals surface area contributed by atoms with Gasteiger partial charge in [-0.1, -0.05) is 36.0 Å². The smallest absolute Gasteiger partial charge is 0.239 e. The summed E-state index contributed by atoms with van der Waals surface area (Å²) in [5.74, 6) is 1.23. The molecule has 0 aromatic heterocycles. The van der Waals surface area contributed by atoms with E-state index < -0.39 is 0 Å². The van der Waals surface area contributed by atoms with Gasteiger partial charge in [-0.15, -0.1) is 5.10 Å². The number of benzene rings is 2. The first-order valence-electron chi connectivity index (χ1n) is 8.46. The molecular formula is C20H21N3O3S. The summed E-state index contributed by atoms with van der Waals surface area (Å²) < 4.78 is 10.5. The van der Waals surface area contributed by atoms with Gasteiger partial charge in [-0.3, -0.25) is 4.79 Å². The summed E-state index contributed by atoms with van der Waals surface area (Å²) in [7, 11) is 3.17. The molecule has 27 heavy (non-hydrogen) atoms. The zero-order valence-electron chi connectivity index (χ0n) is 15.4. The van der Waals surface area contributed by atoms with Crippen molar-refractivity contribution in [3.05, 3.63) is 59.2 Å². The van der Waals surface area contributed by atoms with Crippen LogP contribution in [0.25, 0.3) is 0 Å². The quantitative estimate of drug-likeness (QED) is 0.614. The molecule has 3 rings (SSSR count). The van der Waals surface area contributed by atoms with E-state index in [1.165, 1.54) is 22.9 Å². The maximum absolute atomic E-state index is 12.2. The average Bonchev–Trinajstić information content (AvgIpc) is 3.02. The molecule has 1 N–H and O–H groups in total. The molecule has 7 heteroatoms. The van der Waals surface area contributed by atoms with E-state index in [2.05, 4.69) is 28.5 Å². The van der Waals surface area contributed by atoms with Crippen LogP contribution in [0.5, 0.6) is 11.5 Å². The molecule has 0 saturated carbocycles. The van der Waals surface area contributed by atoms with Gasteiger partial charge in [-0.2, -0.15) is 5.10 Å². The third kappa shape index (κ3) is 4.68. The van der Waals surface area contributed by atoms with Crippen molar-refractivity contribution in [2.24, 2.45) is 10.2 Å². The van der Waals surface area contributed by atoms with Crippen LogP contribution in [0.4, 0.5) is 0 Å². The monoisotopic (exact) mass is 383 g/mol. The molecule has 0 spiro atoms. The van der Waals surface area contributed by atoms with Crippen molar-refractivity contribution < 1.29 is 14.3 Å². The number of thioether (sulfide) groups is 1. The van der Waals surface area contributed by atoms with Crippen LogP contribution in [-0.4, -0.2) is 36.8 Å². The van der Waals surface area contributed by atoms with Gasteiger partial charge in [0, 0.05) is 0 Å². The summed E-state index contributed by atoms with van der Waals surface area (Å²) in [6, 6.07) is 13.6. The summed E-state index contributed by atoms with van der Waals surface area (Å²) in [5, 5.41) is 11.3.